The Morgan fingerprint density at radius 1 is 1.47 bits per heavy atom. The highest BCUT2D eigenvalue weighted by Crippen LogP contribution is 2.07. The SMILES string of the molecule is CCn1cc(/C=C/c2nnc(CC(=O)OC)o2)cn1. The highest BCUT2D eigenvalue weighted by atomic mass is 16.5. The number of methoxy groups -OCH3 is 1. The maximum atomic E-state index is 11.0. The van der Waals surface area contributed by atoms with E-state index in [1.54, 1.807) is 12.3 Å². The van der Waals surface area contributed by atoms with Gasteiger partial charge < -0.3 is 9.15 Å². The molecule has 0 aromatic carbocycles. The van der Waals surface area contributed by atoms with Gasteiger partial charge in [0.05, 0.1) is 13.3 Å². The molecule has 19 heavy (non-hydrogen) atoms. The van der Waals surface area contributed by atoms with Crippen molar-refractivity contribution >= 4 is 18.1 Å². The number of rotatable bonds is 5. The molecule has 0 fully saturated rings. The number of hydrogen-bond donors (Lipinski definition) is 0. The van der Waals surface area contributed by atoms with Gasteiger partial charge in [-0.2, -0.15) is 5.10 Å². The molecule has 2 aromatic heterocycles. The Balaban J connectivity index is 2.01. The molecule has 0 bridgehead atoms. The van der Waals surface area contributed by atoms with Crippen molar-refractivity contribution in [2.75, 3.05) is 7.11 Å². The third-order valence-electron chi connectivity index (χ3n) is 2.40. The summed E-state index contributed by atoms with van der Waals surface area (Å²) in [4.78, 5) is 11.0. The van der Waals surface area contributed by atoms with Crippen LogP contribution in [0.5, 0.6) is 0 Å². The van der Waals surface area contributed by atoms with Crippen LogP contribution >= 0.6 is 0 Å². The molecule has 7 heteroatoms. The average Bonchev–Trinajstić information content (AvgIpc) is 3.05. The third-order valence-corrected chi connectivity index (χ3v) is 2.40. The number of carbonyl (C=O) groups excluding carboxylic acids is 1. The maximum absolute atomic E-state index is 11.0. The topological polar surface area (TPSA) is 83.0 Å². The molecule has 0 aliphatic carbocycles. The minimum Gasteiger partial charge on any atom is -0.469 e. The summed E-state index contributed by atoms with van der Waals surface area (Å²) in [5.74, 6) is 0.155. The zero-order valence-electron chi connectivity index (χ0n) is 10.7. The fraction of sp³-hybridized carbons (Fsp3) is 0.333. The summed E-state index contributed by atoms with van der Waals surface area (Å²) in [5, 5.41) is 11.7. The van der Waals surface area contributed by atoms with Crippen LogP contribution in [0.25, 0.3) is 12.2 Å². The summed E-state index contributed by atoms with van der Waals surface area (Å²) in [5.41, 5.74) is 0.939. The number of nitrogens with zero attached hydrogens (tertiary/aromatic N) is 4. The zero-order chi connectivity index (χ0) is 13.7. The number of aromatic nitrogens is 4. The maximum Gasteiger partial charge on any atom is 0.315 e. The third kappa shape index (κ3) is 3.51. The van der Waals surface area contributed by atoms with Crippen LogP contribution < -0.4 is 0 Å². The molecule has 0 amide bonds. The lowest BCUT2D eigenvalue weighted by Gasteiger charge is -1.91. The Bertz CT molecular complexity index is 585. The summed E-state index contributed by atoms with van der Waals surface area (Å²) in [6.45, 7) is 2.83. The van der Waals surface area contributed by atoms with Crippen LogP contribution in [0.4, 0.5) is 0 Å². The number of ether oxygens (including phenoxy) is 1. The van der Waals surface area contributed by atoms with E-state index in [2.05, 4.69) is 20.0 Å². The second-order valence-electron chi connectivity index (χ2n) is 3.75. The van der Waals surface area contributed by atoms with Gasteiger partial charge in [0.15, 0.2) is 0 Å². The molecule has 0 aliphatic heterocycles. The molecule has 0 radical (unpaired) electrons. The second-order valence-corrected chi connectivity index (χ2v) is 3.75. The van der Waals surface area contributed by atoms with Crippen LogP contribution in [0.15, 0.2) is 16.8 Å². The Morgan fingerprint density at radius 3 is 3.00 bits per heavy atom. The van der Waals surface area contributed by atoms with E-state index in [1.807, 2.05) is 23.9 Å². The van der Waals surface area contributed by atoms with E-state index in [0.29, 0.717) is 5.89 Å². The summed E-state index contributed by atoms with van der Waals surface area (Å²) < 4.78 is 11.6. The number of aryl methyl sites for hydroxylation is 1. The van der Waals surface area contributed by atoms with Crippen molar-refractivity contribution in [1.82, 2.24) is 20.0 Å². The first-order valence-corrected chi connectivity index (χ1v) is 5.81. The van der Waals surface area contributed by atoms with E-state index >= 15 is 0 Å². The van der Waals surface area contributed by atoms with E-state index < -0.39 is 5.97 Å². The van der Waals surface area contributed by atoms with Gasteiger partial charge in [0.25, 0.3) is 0 Å². The Labute approximate surface area is 109 Å². The van der Waals surface area contributed by atoms with Crippen molar-refractivity contribution in [2.45, 2.75) is 19.9 Å². The van der Waals surface area contributed by atoms with Gasteiger partial charge in [-0.05, 0) is 13.0 Å². The van der Waals surface area contributed by atoms with Crippen molar-refractivity contribution in [3.8, 4) is 0 Å². The predicted octanol–water partition coefficient (Wildman–Crippen LogP) is 1.17. The number of carbonyl (C=O) groups is 1. The standard InChI is InChI=1S/C12H14N4O3/c1-3-16-8-9(7-13-16)4-5-10-14-15-11(19-10)6-12(17)18-2/h4-5,7-8H,3,6H2,1-2H3/b5-4+. The lowest BCUT2D eigenvalue weighted by Crippen LogP contribution is -2.04. The predicted molar refractivity (Wildman–Crippen MR) is 66.8 cm³/mol. The molecule has 0 N–H and O–H groups in total. The van der Waals surface area contributed by atoms with Crippen molar-refractivity contribution in [3.05, 3.63) is 29.7 Å². The van der Waals surface area contributed by atoms with Gasteiger partial charge in [-0.25, -0.2) is 0 Å². The Kier molecular flexibility index (Phi) is 4.07. The summed E-state index contributed by atoms with van der Waals surface area (Å²) >= 11 is 0. The fourth-order valence-corrected chi connectivity index (χ4v) is 1.41. The van der Waals surface area contributed by atoms with Crippen LogP contribution in [0.1, 0.15) is 24.3 Å². The molecule has 7 nitrogen and oxygen atoms in total. The molecule has 0 unspecified atom stereocenters. The van der Waals surface area contributed by atoms with Crippen molar-refractivity contribution in [1.29, 1.82) is 0 Å². The van der Waals surface area contributed by atoms with Gasteiger partial charge in [-0.1, -0.05) is 0 Å². The van der Waals surface area contributed by atoms with Crippen molar-refractivity contribution in [3.63, 3.8) is 0 Å². The fourth-order valence-electron chi connectivity index (χ4n) is 1.41. The molecule has 0 atom stereocenters. The normalized spacial score (nSPS) is 11.1. The summed E-state index contributed by atoms with van der Waals surface area (Å²) in [7, 11) is 1.31. The smallest absolute Gasteiger partial charge is 0.315 e. The Morgan fingerprint density at radius 2 is 2.32 bits per heavy atom. The van der Waals surface area contributed by atoms with E-state index in [1.165, 1.54) is 7.11 Å². The molecular weight excluding hydrogens is 248 g/mol. The van der Waals surface area contributed by atoms with Gasteiger partial charge in [-0.15, -0.1) is 10.2 Å². The van der Waals surface area contributed by atoms with Gasteiger partial charge >= 0.3 is 5.97 Å². The quantitative estimate of drug-likeness (QED) is 0.752. The van der Waals surface area contributed by atoms with Crippen molar-refractivity contribution < 1.29 is 13.9 Å². The van der Waals surface area contributed by atoms with E-state index in [4.69, 9.17) is 4.42 Å². The van der Waals surface area contributed by atoms with Crippen LogP contribution in [0.2, 0.25) is 0 Å². The second kappa shape index (κ2) is 5.94. The molecule has 2 rings (SSSR count). The molecule has 0 aliphatic rings. The molecule has 0 saturated carbocycles. The monoisotopic (exact) mass is 262 g/mol. The number of hydrogen-bond acceptors (Lipinski definition) is 6. The average molecular weight is 262 g/mol. The van der Waals surface area contributed by atoms with Crippen LogP contribution in [-0.2, 0) is 22.5 Å². The molecule has 2 aromatic rings. The lowest BCUT2D eigenvalue weighted by atomic mass is 10.3. The first kappa shape index (κ1) is 13.0. The van der Waals surface area contributed by atoms with Crippen LogP contribution in [0.3, 0.4) is 0 Å². The summed E-state index contributed by atoms with van der Waals surface area (Å²) in [6, 6.07) is 0. The van der Waals surface area contributed by atoms with Gasteiger partial charge in [0.2, 0.25) is 11.8 Å². The van der Waals surface area contributed by atoms with Gasteiger partial charge in [0.1, 0.15) is 6.42 Å². The van der Waals surface area contributed by atoms with E-state index in [0.717, 1.165) is 12.1 Å². The van der Waals surface area contributed by atoms with Crippen molar-refractivity contribution in [2.24, 2.45) is 0 Å². The van der Waals surface area contributed by atoms with Crippen LogP contribution in [-0.4, -0.2) is 33.1 Å². The van der Waals surface area contributed by atoms with Crippen LogP contribution in [0, 0.1) is 0 Å². The molecule has 100 valence electrons. The molecular formula is C12H14N4O3. The minimum absolute atomic E-state index is 0.0227. The Hall–Kier alpha value is -2.44. The highest BCUT2D eigenvalue weighted by Gasteiger charge is 2.09. The van der Waals surface area contributed by atoms with E-state index in [9.17, 15) is 4.79 Å². The zero-order valence-corrected chi connectivity index (χ0v) is 10.7. The molecule has 0 saturated heterocycles. The first-order valence-electron chi connectivity index (χ1n) is 5.81. The lowest BCUT2D eigenvalue weighted by molar-refractivity contribution is -0.140. The van der Waals surface area contributed by atoms with Gasteiger partial charge in [0, 0.05) is 24.4 Å². The summed E-state index contributed by atoms with van der Waals surface area (Å²) in [6.07, 6.45) is 7.11. The van der Waals surface area contributed by atoms with Gasteiger partial charge in [-0.3, -0.25) is 9.48 Å². The van der Waals surface area contributed by atoms with E-state index in [-0.39, 0.29) is 12.3 Å². The number of esters is 1. The largest absolute Gasteiger partial charge is 0.469 e. The first-order chi connectivity index (χ1) is 9.21. The minimum atomic E-state index is -0.414. The molecule has 0 spiro atoms. The highest BCUT2D eigenvalue weighted by molar-refractivity contribution is 5.71. The molecule has 2 heterocycles.